The predicted molar refractivity (Wildman–Crippen MR) is 35.2 cm³/mol. The number of nitrogens with two attached hydrogens (primary N) is 1. The van der Waals surface area contributed by atoms with Crippen LogP contribution in [0.1, 0.15) is 13.8 Å². The molecule has 0 aromatic heterocycles. The van der Waals surface area contributed by atoms with Crippen molar-refractivity contribution in [2.75, 3.05) is 6.73 Å². The third-order valence-electron chi connectivity index (χ3n) is 1.34. The van der Waals surface area contributed by atoms with Crippen molar-refractivity contribution < 1.29 is 4.74 Å². The van der Waals surface area contributed by atoms with Gasteiger partial charge in [0.15, 0.2) is 6.73 Å². The molecule has 0 aliphatic carbocycles. The van der Waals surface area contributed by atoms with Crippen LogP contribution in [0, 0.1) is 0 Å². The molecule has 2 N–H and O–H groups in total. The molecule has 0 saturated heterocycles. The highest BCUT2D eigenvalue weighted by atomic mass is 16.5. The van der Waals surface area contributed by atoms with Crippen molar-refractivity contribution in [2.45, 2.75) is 19.9 Å². The van der Waals surface area contributed by atoms with Crippen LogP contribution in [-0.2, 0) is 4.74 Å². The predicted octanol–water partition coefficient (Wildman–Crippen LogP) is 0.442. The van der Waals surface area contributed by atoms with Crippen LogP contribution in [0.25, 0.3) is 0 Å². The summed E-state index contributed by atoms with van der Waals surface area (Å²) in [5, 5.41) is 0. The van der Waals surface area contributed by atoms with Gasteiger partial charge in [0, 0.05) is 6.04 Å². The van der Waals surface area contributed by atoms with Crippen LogP contribution in [-0.4, -0.2) is 17.7 Å². The number of hydrogen-bond donors (Lipinski definition) is 1. The van der Waals surface area contributed by atoms with Crippen molar-refractivity contribution in [3.63, 3.8) is 0 Å². The van der Waals surface area contributed by atoms with E-state index in [4.69, 9.17) is 10.5 Å². The van der Waals surface area contributed by atoms with Crippen LogP contribution in [0.2, 0.25) is 0 Å². The lowest BCUT2D eigenvalue weighted by atomic mass is 10.4. The molecular formula is C6H12N2O. The molecular weight excluding hydrogens is 116 g/mol. The molecule has 1 aliphatic rings. The van der Waals surface area contributed by atoms with E-state index in [2.05, 4.69) is 13.8 Å². The monoisotopic (exact) mass is 128 g/mol. The second-order valence-corrected chi connectivity index (χ2v) is 2.41. The molecule has 1 aliphatic heterocycles. The van der Waals surface area contributed by atoms with E-state index in [9.17, 15) is 0 Å². The first-order chi connectivity index (χ1) is 4.20. The minimum Gasteiger partial charge on any atom is -0.457 e. The van der Waals surface area contributed by atoms with Crippen molar-refractivity contribution in [1.82, 2.24) is 4.90 Å². The van der Waals surface area contributed by atoms with Gasteiger partial charge in [0.1, 0.15) is 0 Å². The molecule has 9 heavy (non-hydrogen) atoms. The lowest BCUT2D eigenvalue weighted by Gasteiger charge is -2.16. The van der Waals surface area contributed by atoms with Crippen LogP contribution in [0.15, 0.2) is 12.1 Å². The Kier molecular flexibility index (Phi) is 1.51. The van der Waals surface area contributed by atoms with Crippen molar-refractivity contribution in [2.24, 2.45) is 5.73 Å². The van der Waals surface area contributed by atoms with E-state index in [0.717, 1.165) is 0 Å². The van der Waals surface area contributed by atoms with Gasteiger partial charge in [0.05, 0.1) is 6.20 Å². The van der Waals surface area contributed by atoms with Crippen molar-refractivity contribution in [3.8, 4) is 0 Å². The van der Waals surface area contributed by atoms with E-state index < -0.39 is 0 Å². The Labute approximate surface area is 55.1 Å². The maximum absolute atomic E-state index is 5.36. The second-order valence-electron chi connectivity index (χ2n) is 2.41. The van der Waals surface area contributed by atoms with E-state index in [-0.39, 0.29) is 0 Å². The zero-order chi connectivity index (χ0) is 6.85. The molecule has 1 rings (SSSR count). The van der Waals surface area contributed by atoms with Crippen LogP contribution >= 0.6 is 0 Å². The Balaban J connectivity index is 2.47. The van der Waals surface area contributed by atoms with Crippen LogP contribution < -0.4 is 5.73 Å². The molecule has 52 valence electrons. The third-order valence-corrected chi connectivity index (χ3v) is 1.34. The van der Waals surface area contributed by atoms with Gasteiger partial charge in [-0.2, -0.15) is 0 Å². The van der Waals surface area contributed by atoms with Crippen molar-refractivity contribution in [3.05, 3.63) is 12.1 Å². The smallest absolute Gasteiger partial charge is 0.202 e. The van der Waals surface area contributed by atoms with Gasteiger partial charge < -0.3 is 15.4 Å². The molecule has 1 heterocycles. The zero-order valence-electron chi connectivity index (χ0n) is 5.79. The molecule has 3 nitrogen and oxygen atoms in total. The molecule has 3 heteroatoms. The van der Waals surface area contributed by atoms with E-state index in [1.54, 1.807) is 0 Å². The SMILES string of the molecule is CC(C)N1C=C(N)OC1. The number of hydrogen-bond acceptors (Lipinski definition) is 3. The Morgan fingerprint density at radius 2 is 2.44 bits per heavy atom. The molecule has 0 amide bonds. The topological polar surface area (TPSA) is 38.5 Å². The Morgan fingerprint density at radius 1 is 1.78 bits per heavy atom. The van der Waals surface area contributed by atoms with Crippen LogP contribution in [0.5, 0.6) is 0 Å². The third kappa shape index (κ3) is 1.28. The van der Waals surface area contributed by atoms with Gasteiger partial charge in [-0.15, -0.1) is 0 Å². The highest BCUT2D eigenvalue weighted by Crippen LogP contribution is 2.08. The van der Waals surface area contributed by atoms with E-state index in [0.29, 0.717) is 18.7 Å². The Hall–Kier alpha value is -0.860. The summed E-state index contributed by atoms with van der Waals surface area (Å²) in [6.45, 7) is 4.79. The lowest BCUT2D eigenvalue weighted by Crippen LogP contribution is -2.23. The molecule has 0 bridgehead atoms. The minimum absolute atomic E-state index is 0.478. The Bertz CT molecular complexity index is 131. The number of rotatable bonds is 1. The van der Waals surface area contributed by atoms with Gasteiger partial charge in [0.2, 0.25) is 5.88 Å². The average molecular weight is 128 g/mol. The molecule has 0 unspecified atom stereocenters. The average Bonchev–Trinajstić information content (AvgIpc) is 2.14. The fourth-order valence-electron chi connectivity index (χ4n) is 0.685. The van der Waals surface area contributed by atoms with Gasteiger partial charge in [0.25, 0.3) is 0 Å². The maximum atomic E-state index is 5.36. The van der Waals surface area contributed by atoms with E-state index in [1.807, 2.05) is 11.1 Å². The van der Waals surface area contributed by atoms with Gasteiger partial charge in [-0.3, -0.25) is 0 Å². The van der Waals surface area contributed by atoms with Gasteiger partial charge in [-0.05, 0) is 13.8 Å². The lowest BCUT2D eigenvalue weighted by molar-refractivity contribution is 0.132. The first-order valence-electron chi connectivity index (χ1n) is 3.06. The van der Waals surface area contributed by atoms with Crippen molar-refractivity contribution in [1.29, 1.82) is 0 Å². The summed E-state index contributed by atoms with van der Waals surface area (Å²) in [6.07, 6.45) is 1.82. The highest BCUT2D eigenvalue weighted by molar-refractivity contribution is 4.92. The first-order valence-corrected chi connectivity index (χ1v) is 3.06. The van der Waals surface area contributed by atoms with Gasteiger partial charge in [-0.25, -0.2) is 0 Å². The summed E-state index contributed by atoms with van der Waals surface area (Å²) < 4.78 is 4.99. The molecule has 0 spiro atoms. The largest absolute Gasteiger partial charge is 0.457 e. The highest BCUT2D eigenvalue weighted by Gasteiger charge is 2.12. The normalized spacial score (nSPS) is 18.1. The summed E-state index contributed by atoms with van der Waals surface area (Å²) in [5.74, 6) is 0.517. The summed E-state index contributed by atoms with van der Waals surface area (Å²) >= 11 is 0. The summed E-state index contributed by atoms with van der Waals surface area (Å²) in [6, 6.07) is 0.478. The number of nitrogens with zero attached hydrogens (tertiary/aromatic N) is 1. The molecule has 0 aromatic carbocycles. The number of ether oxygens (including phenoxy) is 1. The summed E-state index contributed by atoms with van der Waals surface area (Å²) in [7, 11) is 0. The van der Waals surface area contributed by atoms with Crippen LogP contribution in [0.4, 0.5) is 0 Å². The van der Waals surface area contributed by atoms with Gasteiger partial charge in [-0.1, -0.05) is 0 Å². The molecule has 0 radical (unpaired) electrons. The summed E-state index contributed by atoms with van der Waals surface area (Å²) in [5.41, 5.74) is 5.36. The first kappa shape index (κ1) is 6.26. The molecule has 0 saturated carbocycles. The zero-order valence-corrected chi connectivity index (χ0v) is 5.79. The standard InChI is InChI=1S/C6H12N2O/c1-5(2)8-3-6(7)9-4-8/h3,5H,4,7H2,1-2H3. The Morgan fingerprint density at radius 3 is 2.67 bits per heavy atom. The summed E-state index contributed by atoms with van der Waals surface area (Å²) in [4.78, 5) is 2.04. The minimum atomic E-state index is 0.478. The van der Waals surface area contributed by atoms with E-state index in [1.165, 1.54) is 0 Å². The fraction of sp³-hybridized carbons (Fsp3) is 0.667. The van der Waals surface area contributed by atoms with Crippen LogP contribution in [0.3, 0.4) is 0 Å². The second kappa shape index (κ2) is 2.17. The van der Waals surface area contributed by atoms with Gasteiger partial charge >= 0.3 is 0 Å². The fourth-order valence-corrected chi connectivity index (χ4v) is 0.685. The molecule has 0 atom stereocenters. The van der Waals surface area contributed by atoms with Crippen molar-refractivity contribution >= 4 is 0 Å². The van der Waals surface area contributed by atoms with E-state index >= 15 is 0 Å². The molecule has 0 fully saturated rings. The quantitative estimate of drug-likeness (QED) is 0.557. The maximum Gasteiger partial charge on any atom is 0.202 e. The molecule has 0 aromatic rings.